The molecule has 0 amide bonds. The molecule has 0 saturated heterocycles. The molecule has 3 rings (SSSR count). The van der Waals surface area contributed by atoms with E-state index < -0.39 is 0 Å². The molecule has 2 aliphatic carbocycles. The Morgan fingerprint density at radius 1 is 1.33 bits per heavy atom. The molecule has 2 bridgehead atoms. The molecule has 3 N–H and O–H groups in total. The van der Waals surface area contributed by atoms with Crippen LogP contribution in [0.5, 0.6) is 5.75 Å². The van der Waals surface area contributed by atoms with Crippen molar-refractivity contribution in [2.24, 2.45) is 17.8 Å². The molecule has 2 aliphatic rings. The Bertz CT molecular complexity index is 433. The Kier molecular flexibility index (Phi) is 3.06. The van der Waals surface area contributed by atoms with Crippen LogP contribution in [0.1, 0.15) is 25.7 Å². The van der Waals surface area contributed by atoms with Gasteiger partial charge in [-0.2, -0.15) is 0 Å². The molecule has 98 valence electrons. The van der Waals surface area contributed by atoms with Gasteiger partial charge in [0.05, 0.1) is 12.8 Å². The smallest absolute Gasteiger partial charge is 0.143 e. The van der Waals surface area contributed by atoms with Gasteiger partial charge >= 0.3 is 0 Å². The Labute approximate surface area is 109 Å². The fourth-order valence-electron chi connectivity index (χ4n) is 3.70. The van der Waals surface area contributed by atoms with E-state index in [1.807, 2.05) is 18.2 Å². The minimum Gasteiger partial charge on any atom is -0.495 e. The van der Waals surface area contributed by atoms with Gasteiger partial charge in [-0.05, 0) is 49.1 Å². The van der Waals surface area contributed by atoms with E-state index in [2.05, 4.69) is 5.32 Å². The van der Waals surface area contributed by atoms with Crippen molar-refractivity contribution in [3.8, 4) is 5.75 Å². The summed E-state index contributed by atoms with van der Waals surface area (Å²) in [5.41, 5.74) is 7.63. The number of benzene rings is 1. The molecular weight excluding hydrogens is 224 g/mol. The van der Waals surface area contributed by atoms with Gasteiger partial charge in [-0.25, -0.2) is 0 Å². The first kappa shape index (κ1) is 11.7. The van der Waals surface area contributed by atoms with Gasteiger partial charge in [-0.15, -0.1) is 0 Å². The summed E-state index contributed by atoms with van der Waals surface area (Å²) in [5.74, 6) is 3.61. The summed E-state index contributed by atoms with van der Waals surface area (Å²) in [5, 5.41) is 3.54. The van der Waals surface area contributed by atoms with Crippen LogP contribution in [0.25, 0.3) is 0 Å². The van der Waals surface area contributed by atoms with Crippen LogP contribution in [0.3, 0.4) is 0 Å². The van der Waals surface area contributed by atoms with E-state index in [0.717, 1.165) is 35.7 Å². The summed E-state index contributed by atoms with van der Waals surface area (Å²) >= 11 is 0. The summed E-state index contributed by atoms with van der Waals surface area (Å²) in [6.07, 6.45) is 5.81. The van der Waals surface area contributed by atoms with E-state index in [9.17, 15) is 0 Å². The number of anilines is 2. The number of fused-ring (bicyclic) bond motifs is 2. The molecule has 0 heterocycles. The van der Waals surface area contributed by atoms with Gasteiger partial charge in [0, 0.05) is 18.3 Å². The number of hydrogen-bond donors (Lipinski definition) is 2. The van der Waals surface area contributed by atoms with Crippen LogP contribution in [-0.2, 0) is 0 Å². The monoisotopic (exact) mass is 246 g/mol. The van der Waals surface area contributed by atoms with Crippen molar-refractivity contribution in [3.05, 3.63) is 18.2 Å². The summed E-state index contributed by atoms with van der Waals surface area (Å²) in [4.78, 5) is 0. The maximum atomic E-state index is 5.81. The van der Waals surface area contributed by atoms with Gasteiger partial charge in [0.2, 0.25) is 0 Å². The Morgan fingerprint density at radius 2 is 2.22 bits per heavy atom. The largest absolute Gasteiger partial charge is 0.495 e. The molecule has 0 radical (unpaired) electrons. The van der Waals surface area contributed by atoms with Crippen molar-refractivity contribution in [2.45, 2.75) is 25.7 Å². The van der Waals surface area contributed by atoms with Crippen molar-refractivity contribution < 1.29 is 4.74 Å². The molecule has 0 spiro atoms. The SMILES string of the molecule is COc1cc(NCC2CC3CCC2C3)ccc1N. The van der Waals surface area contributed by atoms with Gasteiger partial charge in [-0.1, -0.05) is 6.42 Å². The minimum atomic E-state index is 0.697. The fourth-order valence-corrected chi connectivity index (χ4v) is 3.70. The minimum absolute atomic E-state index is 0.697. The van der Waals surface area contributed by atoms with E-state index in [-0.39, 0.29) is 0 Å². The lowest BCUT2D eigenvalue weighted by Gasteiger charge is -2.22. The number of nitrogens with one attached hydrogen (secondary N) is 1. The zero-order valence-electron chi connectivity index (χ0n) is 11.0. The number of nitrogens with two attached hydrogens (primary N) is 1. The molecule has 3 atom stereocenters. The third-order valence-corrected chi connectivity index (χ3v) is 4.69. The molecule has 1 aromatic carbocycles. The van der Waals surface area contributed by atoms with Crippen LogP contribution in [0.15, 0.2) is 18.2 Å². The molecule has 2 saturated carbocycles. The van der Waals surface area contributed by atoms with E-state index in [4.69, 9.17) is 10.5 Å². The second-order valence-electron chi connectivity index (χ2n) is 5.77. The highest BCUT2D eigenvalue weighted by Crippen LogP contribution is 2.48. The van der Waals surface area contributed by atoms with E-state index in [0.29, 0.717) is 5.69 Å². The molecule has 18 heavy (non-hydrogen) atoms. The number of ether oxygens (including phenoxy) is 1. The molecule has 1 aromatic rings. The molecule has 0 aliphatic heterocycles. The zero-order valence-corrected chi connectivity index (χ0v) is 11.0. The third kappa shape index (κ3) is 2.14. The van der Waals surface area contributed by atoms with Crippen LogP contribution in [-0.4, -0.2) is 13.7 Å². The van der Waals surface area contributed by atoms with E-state index in [1.165, 1.54) is 25.7 Å². The van der Waals surface area contributed by atoms with Crippen molar-refractivity contribution in [2.75, 3.05) is 24.7 Å². The molecule has 2 fully saturated rings. The lowest BCUT2D eigenvalue weighted by Crippen LogP contribution is -2.20. The maximum absolute atomic E-state index is 5.81. The highest BCUT2D eigenvalue weighted by Gasteiger charge is 2.38. The molecule has 3 heteroatoms. The second-order valence-corrected chi connectivity index (χ2v) is 5.77. The van der Waals surface area contributed by atoms with Gasteiger partial charge in [-0.3, -0.25) is 0 Å². The Balaban J connectivity index is 1.60. The third-order valence-electron chi connectivity index (χ3n) is 4.69. The summed E-state index contributed by atoms with van der Waals surface area (Å²) in [7, 11) is 1.66. The average molecular weight is 246 g/mol. The number of methoxy groups -OCH3 is 1. The lowest BCUT2D eigenvalue weighted by molar-refractivity contribution is 0.348. The standard InChI is InChI=1S/C15H22N2O/c1-18-15-8-13(4-5-14(15)16)17-9-12-7-10-2-3-11(12)6-10/h4-5,8,10-12,17H,2-3,6-7,9,16H2,1H3. The molecule has 3 nitrogen and oxygen atoms in total. The van der Waals surface area contributed by atoms with Gasteiger partial charge in [0.25, 0.3) is 0 Å². The summed E-state index contributed by atoms with van der Waals surface area (Å²) in [6, 6.07) is 5.93. The van der Waals surface area contributed by atoms with Crippen LogP contribution in [0.2, 0.25) is 0 Å². The van der Waals surface area contributed by atoms with E-state index in [1.54, 1.807) is 7.11 Å². The fraction of sp³-hybridized carbons (Fsp3) is 0.600. The zero-order chi connectivity index (χ0) is 12.5. The second kappa shape index (κ2) is 4.71. The number of rotatable bonds is 4. The number of hydrogen-bond acceptors (Lipinski definition) is 3. The topological polar surface area (TPSA) is 47.3 Å². The van der Waals surface area contributed by atoms with Crippen molar-refractivity contribution in [1.82, 2.24) is 0 Å². The van der Waals surface area contributed by atoms with E-state index >= 15 is 0 Å². The van der Waals surface area contributed by atoms with Crippen molar-refractivity contribution in [3.63, 3.8) is 0 Å². The van der Waals surface area contributed by atoms with Gasteiger partial charge in [0.15, 0.2) is 0 Å². The molecular formula is C15H22N2O. The first-order chi connectivity index (χ1) is 8.76. The predicted molar refractivity (Wildman–Crippen MR) is 74.8 cm³/mol. The highest BCUT2D eigenvalue weighted by atomic mass is 16.5. The highest BCUT2D eigenvalue weighted by molar-refractivity contribution is 5.61. The first-order valence-corrected chi connectivity index (χ1v) is 6.93. The van der Waals surface area contributed by atoms with Crippen molar-refractivity contribution >= 4 is 11.4 Å². The lowest BCUT2D eigenvalue weighted by atomic mass is 9.89. The molecule has 3 unspecified atom stereocenters. The predicted octanol–water partition coefficient (Wildman–Crippen LogP) is 3.13. The van der Waals surface area contributed by atoms with Crippen LogP contribution in [0, 0.1) is 17.8 Å². The Morgan fingerprint density at radius 3 is 2.89 bits per heavy atom. The van der Waals surface area contributed by atoms with Gasteiger partial charge < -0.3 is 15.8 Å². The van der Waals surface area contributed by atoms with Crippen molar-refractivity contribution in [1.29, 1.82) is 0 Å². The quantitative estimate of drug-likeness (QED) is 0.802. The maximum Gasteiger partial charge on any atom is 0.143 e. The van der Waals surface area contributed by atoms with Crippen LogP contribution < -0.4 is 15.8 Å². The van der Waals surface area contributed by atoms with Crippen LogP contribution in [0.4, 0.5) is 11.4 Å². The normalized spacial score (nSPS) is 29.5. The van der Waals surface area contributed by atoms with Crippen LogP contribution >= 0.6 is 0 Å². The van der Waals surface area contributed by atoms with Gasteiger partial charge in [0.1, 0.15) is 5.75 Å². The summed E-state index contributed by atoms with van der Waals surface area (Å²) in [6.45, 7) is 1.09. The average Bonchev–Trinajstić information content (AvgIpc) is 3.00. The summed E-state index contributed by atoms with van der Waals surface area (Å²) < 4.78 is 5.24. The molecule has 0 aromatic heterocycles. The Hall–Kier alpha value is -1.38. The number of nitrogen functional groups attached to an aromatic ring is 1. The first-order valence-electron chi connectivity index (χ1n) is 6.93.